The van der Waals surface area contributed by atoms with E-state index >= 15 is 0 Å². The highest BCUT2D eigenvalue weighted by atomic mass is 16.4. The number of carbonyl (C=O) groups is 1. The maximum Gasteiger partial charge on any atom is 0.419 e. The van der Waals surface area contributed by atoms with Crippen LogP contribution < -0.4 is 4.57 Å². The van der Waals surface area contributed by atoms with E-state index in [1.54, 1.807) is 0 Å². The fourth-order valence-corrected chi connectivity index (χ4v) is 3.05. The van der Waals surface area contributed by atoms with Crippen LogP contribution in [0.25, 0.3) is 0 Å². The Morgan fingerprint density at radius 3 is 2.04 bits per heavy atom. The molecule has 1 aromatic heterocycles. The second kappa shape index (κ2) is 6.71. The van der Waals surface area contributed by atoms with Gasteiger partial charge in [0.1, 0.15) is 24.5 Å². The molecule has 0 aliphatic heterocycles. The minimum atomic E-state index is -0.925. The van der Waals surface area contributed by atoms with Crippen LogP contribution in [-0.4, -0.2) is 15.6 Å². The normalized spacial score (nSPS) is 13.4. The van der Waals surface area contributed by atoms with Gasteiger partial charge in [-0.25, -0.2) is 13.9 Å². The summed E-state index contributed by atoms with van der Waals surface area (Å²) in [4.78, 5) is 11.9. The van der Waals surface area contributed by atoms with Crippen molar-refractivity contribution in [2.45, 2.75) is 25.9 Å². The molecule has 0 radical (unpaired) electrons. The highest BCUT2D eigenvalue weighted by molar-refractivity contribution is 5.82. The van der Waals surface area contributed by atoms with Crippen LogP contribution in [0.15, 0.2) is 73.1 Å². The van der Waals surface area contributed by atoms with Crippen molar-refractivity contribution in [2.24, 2.45) is 0 Å². The molecule has 0 fully saturated rings. The lowest BCUT2D eigenvalue weighted by Gasteiger charge is -2.13. The Labute approximate surface area is 141 Å². The number of imidazole rings is 1. The number of carboxylic acids is 1. The summed E-state index contributed by atoms with van der Waals surface area (Å²) >= 11 is 0. The number of rotatable bonds is 5. The third kappa shape index (κ3) is 2.95. The molecule has 4 nitrogen and oxygen atoms in total. The molecule has 3 rings (SSSR count). The van der Waals surface area contributed by atoms with Crippen LogP contribution in [0, 0.1) is 0 Å². The van der Waals surface area contributed by atoms with Crippen LogP contribution in [0.5, 0.6) is 0 Å². The second-order valence-corrected chi connectivity index (χ2v) is 5.91. The van der Waals surface area contributed by atoms with Crippen LogP contribution in [0.4, 0.5) is 0 Å². The molecule has 0 saturated carbocycles. The molecule has 0 aliphatic carbocycles. The van der Waals surface area contributed by atoms with Gasteiger partial charge in [0.15, 0.2) is 0 Å². The monoisotopic (exact) mass is 321 g/mol. The molecule has 4 heteroatoms. The van der Waals surface area contributed by atoms with E-state index in [1.165, 1.54) is 0 Å². The Balaban J connectivity index is 2.04. The summed E-state index contributed by atoms with van der Waals surface area (Å²) in [7, 11) is 0. The van der Waals surface area contributed by atoms with E-state index in [4.69, 9.17) is 0 Å². The SMILES string of the molecule is CC(c1ccccc1)n1cc[n+](C(C)c2ccccc2)c1C(=O)O. The quantitative estimate of drug-likeness (QED) is 0.729. The van der Waals surface area contributed by atoms with Gasteiger partial charge in [0, 0.05) is 0 Å². The molecule has 2 atom stereocenters. The molecule has 2 unspecified atom stereocenters. The van der Waals surface area contributed by atoms with Crippen LogP contribution >= 0.6 is 0 Å². The summed E-state index contributed by atoms with van der Waals surface area (Å²) in [6.45, 7) is 4.03. The van der Waals surface area contributed by atoms with E-state index in [1.807, 2.05) is 96.0 Å². The molecular weight excluding hydrogens is 300 g/mol. The first-order valence-electron chi connectivity index (χ1n) is 8.04. The van der Waals surface area contributed by atoms with Gasteiger partial charge in [0.25, 0.3) is 0 Å². The molecule has 122 valence electrons. The first kappa shape index (κ1) is 16.0. The fourth-order valence-electron chi connectivity index (χ4n) is 3.05. The fraction of sp³-hybridized carbons (Fsp3) is 0.200. The van der Waals surface area contributed by atoms with Gasteiger partial charge in [-0.05, 0) is 25.0 Å². The summed E-state index contributed by atoms with van der Waals surface area (Å²) in [5.74, 6) is -0.645. The van der Waals surface area contributed by atoms with Gasteiger partial charge in [-0.2, -0.15) is 0 Å². The van der Waals surface area contributed by atoms with Gasteiger partial charge < -0.3 is 5.11 Å². The van der Waals surface area contributed by atoms with Crippen molar-refractivity contribution in [2.75, 3.05) is 0 Å². The van der Waals surface area contributed by atoms with Crippen molar-refractivity contribution in [3.05, 3.63) is 90.0 Å². The Bertz CT molecular complexity index is 762. The molecule has 0 bridgehead atoms. The van der Waals surface area contributed by atoms with Crippen LogP contribution in [0.3, 0.4) is 0 Å². The van der Waals surface area contributed by atoms with Crippen molar-refractivity contribution in [3.63, 3.8) is 0 Å². The number of hydrogen-bond donors (Lipinski definition) is 1. The number of nitrogens with zero attached hydrogens (tertiary/aromatic N) is 2. The molecule has 1 heterocycles. The summed E-state index contributed by atoms with van der Waals surface area (Å²) in [6.07, 6.45) is 3.70. The van der Waals surface area contributed by atoms with Gasteiger partial charge >= 0.3 is 11.8 Å². The lowest BCUT2D eigenvalue weighted by Crippen LogP contribution is -2.43. The molecule has 3 aromatic rings. The van der Waals surface area contributed by atoms with Crippen molar-refractivity contribution < 1.29 is 14.5 Å². The maximum absolute atomic E-state index is 11.9. The Kier molecular flexibility index (Phi) is 4.47. The van der Waals surface area contributed by atoms with E-state index in [0.717, 1.165) is 11.1 Å². The van der Waals surface area contributed by atoms with Crippen LogP contribution in [0.2, 0.25) is 0 Å². The Morgan fingerprint density at radius 1 is 0.958 bits per heavy atom. The van der Waals surface area contributed by atoms with E-state index in [0.29, 0.717) is 0 Å². The molecule has 1 N–H and O–H groups in total. The molecule has 2 aromatic carbocycles. The van der Waals surface area contributed by atoms with Crippen molar-refractivity contribution in [3.8, 4) is 0 Å². The van der Waals surface area contributed by atoms with Crippen molar-refractivity contribution in [1.29, 1.82) is 0 Å². The summed E-state index contributed by atoms with van der Waals surface area (Å²) in [5.41, 5.74) is 2.16. The largest absolute Gasteiger partial charge is 0.472 e. The smallest absolute Gasteiger partial charge is 0.419 e. The summed E-state index contributed by atoms with van der Waals surface area (Å²) in [6, 6.07) is 19.7. The highest BCUT2D eigenvalue weighted by Gasteiger charge is 2.31. The molecule has 0 aliphatic rings. The zero-order valence-electron chi connectivity index (χ0n) is 13.8. The average Bonchev–Trinajstić information content (AvgIpc) is 3.07. The first-order valence-corrected chi connectivity index (χ1v) is 8.04. The number of aromatic nitrogens is 2. The second-order valence-electron chi connectivity index (χ2n) is 5.91. The van der Waals surface area contributed by atoms with Crippen LogP contribution in [0.1, 0.15) is 47.7 Å². The van der Waals surface area contributed by atoms with E-state index in [-0.39, 0.29) is 17.9 Å². The third-order valence-electron chi connectivity index (χ3n) is 4.47. The molecular formula is C20H21N2O2+. The zero-order chi connectivity index (χ0) is 17.1. The lowest BCUT2D eigenvalue weighted by molar-refractivity contribution is -0.712. The van der Waals surface area contributed by atoms with Gasteiger partial charge in [0.05, 0.1) is 0 Å². The lowest BCUT2D eigenvalue weighted by atomic mass is 10.1. The standard InChI is InChI=1S/C20H20N2O2/c1-15(17-9-5-3-6-10-17)21-13-14-22(19(21)20(23)24)16(2)18-11-7-4-8-12-18/h3-16H,1-2H3/p+1. The number of carboxylic acid groups (broad SMARTS) is 1. The first-order chi connectivity index (χ1) is 11.6. The topological polar surface area (TPSA) is 46.1 Å². The average molecular weight is 321 g/mol. The van der Waals surface area contributed by atoms with Gasteiger partial charge in [-0.15, -0.1) is 0 Å². The van der Waals surface area contributed by atoms with E-state index < -0.39 is 5.97 Å². The number of benzene rings is 2. The summed E-state index contributed by atoms with van der Waals surface area (Å²) in [5, 5.41) is 9.79. The number of aromatic carboxylic acids is 1. The Hall–Kier alpha value is -2.88. The number of hydrogen-bond acceptors (Lipinski definition) is 1. The highest BCUT2D eigenvalue weighted by Crippen LogP contribution is 2.20. The van der Waals surface area contributed by atoms with Gasteiger partial charge in [-0.3, -0.25) is 0 Å². The van der Waals surface area contributed by atoms with Gasteiger partial charge in [-0.1, -0.05) is 60.7 Å². The molecule has 24 heavy (non-hydrogen) atoms. The molecule has 0 spiro atoms. The summed E-state index contributed by atoms with van der Waals surface area (Å²) < 4.78 is 3.63. The zero-order valence-corrected chi connectivity index (χ0v) is 13.8. The van der Waals surface area contributed by atoms with E-state index in [9.17, 15) is 9.90 Å². The maximum atomic E-state index is 11.9. The van der Waals surface area contributed by atoms with E-state index in [2.05, 4.69) is 0 Å². The predicted molar refractivity (Wildman–Crippen MR) is 92.1 cm³/mol. The molecule has 0 saturated heterocycles. The predicted octanol–water partition coefficient (Wildman–Crippen LogP) is 3.69. The van der Waals surface area contributed by atoms with Crippen molar-refractivity contribution >= 4 is 5.97 Å². The van der Waals surface area contributed by atoms with Gasteiger partial charge in [0.2, 0.25) is 0 Å². The van der Waals surface area contributed by atoms with Crippen LogP contribution in [-0.2, 0) is 0 Å². The Morgan fingerprint density at radius 2 is 1.50 bits per heavy atom. The third-order valence-corrected chi connectivity index (χ3v) is 4.47. The van der Waals surface area contributed by atoms with Crippen molar-refractivity contribution in [1.82, 2.24) is 4.57 Å². The molecule has 0 amide bonds. The minimum absolute atomic E-state index is 0.0541. The minimum Gasteiger partial charge on any atom is -0.472 e.